The fraction of sp³-hybridized carbons (Fsp3) is 0.300. The highest BCUT2D eigenvalue weighted by Gasteiger charge is 2.36. The Hall–Kier alpha value is -3.11. The Morgan fingerprint density at radius 1 is 1.24 bits per heavy atom. The number of aromatic nitrogens is 1. The lowest BCUT2D eigenvalue weighted by molar-refractivity contribution is -0.138. The number of rotatable bonds is 7. The summed E-state index contributed by atoms with van der Waals surface area (Å²) in [6, 6.07) is 7.27. The lowest BCUT2D eigenvalue weighted by Gasteiger charge is -2.17. The van der Waals surface area contributed by atoms with Gasteiger partial charge in [0.25, 0.3) is 10.0 Å². The first kappa shape index (κ1) is 26.1. The van der Waals surface area contributed by atoms with Crippen LogP contribution in [-0.4, -0.2) is 30.5 Å². The molecule has 0 aliphatic rings. The van der Waals surface area contributed by atoms with E-state index in [0.29, 0.717) is 0 Å². The molecule has 13 heteroatoms. The molecule has 0 saturated carbocycles. The molecule has 0 aliphatic heterocycles. The first-order valence-corrected chi connectivity index (χ1v) is 11.7. The molecule has 0 fully saturated rings. The number of benzene rings is 1. The Kier molecular flexibility index (Phi) is 8.10. The molecule has 0 aliphatic carbocycles. The summed E-state index contributed by atoms with van der Waals surface area (Å²) < 4.78 is 65.7. The molecule has 0 radical (unpaired) electrons. The molecular weight excluding hydrogens is 481 g/mol. The number of nitrogens with one attached hydrogen (secondary N) is 2. The SMILES string of the molecule is CC[C@H](Sc1nc(C)cc(C(F)(F)F)c1C#N)C(=O)Nc1ccc(S(=O)(=O)NC(C)=O)cc1. The van der Waals surface area contributed by atoms with E-state index < -0.39 is 44.4 Å². The van der Waals surface area contributed by atoms with Gasteiger partial charge in [0.2, 0.25) is 11.8 Å². The third kappa shape index (κ3) is 6.69. The molecule has 0 spiro atoms. The largest absolute Gasteiger partial charge is 0.417 e. The summed E-state index contributed by atoms with van der Waals surface area (Å²) in [7, 11) is -4.04. The summed E-state index contributed by atoms with van der Waals surface area (Å²) in [6.45, 7) is 4.05. The summed E-state index contributed by atoms with van der Waals surface area (Å²) in [5.41, 5.74) is -1.49. The third-order valence-corrected chi connectivity index (χ3v) is 6.96. The number of carbonyl (C=O) groups is 2. The van der Waals surface area contributed by atoms with Crippen molar-refractivity contribution >= 4 is 39.3 Å². The van der Waals surface area contributed by atoms with E-state index in [9.17, 15) is 36.4 Å². The van der Waals surface area contributed by atoms with E-state index in [0.717, 1.165) is 24.8 Å². The Morgan fingerprint density at radius 3 is 2.33 bits per heavy atom. The van der Waals surface area contributed by atoms with Gasteiger partial charge in [0.15, 0.2) is 0 Å². The van der Waals surface area contributed by atoms with Crippen LogP contribution in [0, 0.1) is 18.3 Å². The predicted molar refractivity (Wildman–Crippen MR) is 115 cm³/mol. The molecule has 2 amide bonds. The van der Waals surface area contributed by atoms with Crippen molar-refractivity contribution < 1.29 is 31.2 Å². The number of sulfonamides is 1. The highest BCUT2D eigenvalue weighted by Crippen LogP contribution is 2.37. The molecule has 8 nitrogen and oxygen atoms in total. The van der Waals surface area contributed by atoms with Crippen LogP contribution >= 0.6 is 11.8 Å². The molecular formula is C20H19F3N4O4S2. The van der Waals surface area contributed by atoms with Crippen LogP contribution in [0.2, 0.25) is 0 Å². The van der Waals surface area contributed by atoms with Gasteiger partial charge in [-0.3, -0.25) is 9.59 Å². The van der Waals surface area contributed by atoms with Gasteiger partial charge >= 0.3 is 6.18 Å². The molecule has 176 valence electrons. The molecule has 0 saturated heterocycles. The molecule has 1 heterocycles. The molecule has 2 rings (SSSR count). The van der Waals surface area contributed by atoms with Gasteiger partial charge in [-0.2, -0.15) is 18.4 Å². The van der Waals surface area contributed by atoms with Crippen molar-refractivity contribution in [2.24, 2.45) is 0 Å². The lowest BCUT2D eigenvalue weighted by atomic mass is 10.1. The fourth-order valence-electron chi connectivity index (χ4n) is 2.71. The van der Waals surface area contributed by atoms with E-state index in [4.69, 9.17) is 0 Å². The van der Waals surface area contributed by atoms with Gasteiger partial charge in [0.1, 0.15) is 11.1 Å². The highest BCUT2D eigenvalue weighted by atomic mass is 32.2. The van der Waals surface area contributed by atoms with Crippen molar-refractivity contribution in [1.82, 2.24) is 9.71 Å². The van der Waals surface area contributed by atoms with Gasteiger partial charge < -0.3 is 5.32 Å². The van der Waals surface area contributed by atoms with E-state index in [1.165, 1.54) is 37.3 Å². The molecule has 2 aromatic rings. The minimum atomic E-state index is -4.75. The lowest BCUT2D eigenvalue weighted by Crippen LogP contribution is -2.28. The van der Waals surface area contributed by atoms with E-state index in [1.807, 2.05) is 4.72 Å². The first-order valence-electron chi connectivity index (χ1n) is 9.38. The van der Waals surface area contributed by atoms with Crippen LogP contribution in [0.1, 0.15) is 37.1 Å². The number of nitriles is 1. The number of pyridine rings is 1. The van der Waals surface area contributed by atoms with Gasteiger partial charge in [-0.15, -0.1) is 0 Å². The van der Waals surface area contributed by atoms with Crippen molar-refractivity contribution in [2.75, 3.05) is 5.32 Å². The second-order valence-electron chi connectivity index (χ2n) is 6.79. The number of nitrogens with zero attached hydrogens (tertiary/aromatic N) is 2. The quantitative estimate of drug-likeness (QED) is 0.556. The van der Waals surface area contributed by atoms with Gasteiger partial charge in [-0.25, -0.2) is 18.1 Å². The van der Waals surface area contributed by atoms with Crippen molar-refractivity contribution in [2.45, 2.75) is 48.5 Å². The standard InChI is InChI=1S/C20H19F3N4O4S2/c1-4-17(32-19-15(10-24)16(20(21,22)23)9-11(2)25-19)18(29)26-13-5-7-14(8-6-13)33(30,31)27-12(3)28/h5-9,17H,4H2,1-3H3,(H,26,29)(H,27,28)/t17-/m0/s1. The van der Waals surface area contributed by atoms with Crippen LogP contribution in [0.3, 0.4) is 0 Å². The average molecular weight is 501 g/mol. The first-order chi connectivity index (χ1) is 15.3. The molecule has 33 heavy (non-hydrogen) atoms. The molecule has 0 unspecified atom stereocenters. The third-order valence-electron chi connectivity index (χ3n) is 4.16. The summed E-state index contributed by atoms with van der Waals surface area (Å²) in [6.07, 6.45) is -4.54. The van der Waals surface area contributed by atoms with E-state index in [1.54, 1.807) is 6.92 Å². The minimum absolute atomic E-state index is 0.0510. The zero-order valence-electron chi connectivity index (χ0n) is 17.6. The van der Waals surface area contributed by atoms with Gasteiger partial charge in [0, 0.05) is 18.3 Å². The number of carbonyl (C=O) groups excluding carboxylic acids is 2. The average Bonchev–Trinajstić information content (AvgIpc) is 2.70. The normalized spacial score (nSPS) is 12.5. The monoisotopic (exact) mass is 500 g/mol. The summed E-state index contributed by atoms with van der Waals surface area (Å²) >= 11 is 0.737. The van der Waals surface area contributed by atoms with Crippen LogP contribution in [0.4, 0.5) is 18.9 Å². The number of halogens is 3. The minimum Gasteiger partial charge on any atom is -0.325 e. The fourth-order valence-corrected chi connectivity index (χ4v) is 4.77. The molecule has 1 aromatic carbocycles. The van der Waals surface area contributed by atoms with Crippen LogP contribution in [-0.2, 0) is 25.8 Å². The number of thioether (sulfide) groups is 1. The predicted octanol–water partition coefficient (Wildman–Crippen LogP) is 3.61. The van der Waals surface area contributed by atoms with E-state index >= 15 is 0 Å². The van der Waals surface area contributed by atoms with Crippen molar-refractivity contribution in [3.8, 4) is 6.07 Å². The Morgan fingerprint density at radius 2 is 1.85 bits per heavy atom. The number of hydrogen-bond acceptors (Lipinski definition) is 7. The van der Waals surface area contributed by atoms with E-state index in [2.05, 4.69) is 10.3 Å². The Balaban J connectivity index is 2.25. The van der Waals surface area contributed by atoms with Crippen molar-refractivity contribution in [3.05, 3.63) is 47.2 Å². The second-order valence-corrected chi connectivity index (χ2v) is 9.66. The molecule has 0 bridgehead atoms. The Labute approximate surface area is 192 Å². The second kappa shape index (κ2) is 10.2. The van der Waals surface area contributed by atoms with Gasteiger partial charge in [-0.05, 0) is 43.7 Å². The van der Waals surface area contributed by atoms with Crippen LogP contribution in [0.15, 0.2) is 40.3 Å². The Bertz CT molecular complexity index is 1210. The number of anilines is 1. The van der Waals surface area contributed by atoms with E-state index in [-0.39, 0.29) is 27.7 Å². The summed E-state index contributed by atoms with van der Waals surface area (Å²) in [4.78, 5) is 27.5. The zero-order chi connectivity index (χ0) is 25.0. The van der Waals surface area contributed by atoms with Crippen LogP contribution < -0.4 is 10.0 Å². The van der Waals surface area contributed by atoms with Crippen LogP contribution in [0.5, 0.6) is 0 Å². The maximum absolute atomic E-state index is 13.3. The molecule has 2 N–H and O–H groups in total. The van der Waals surface area contributed by atoms with Crippen LogP contribution in [0.25, 0.3) is 0 Å². The maximum atomic E-state index is 13.3. The highest BCUT2D eigenvalue weighted by molar-refractivity contribution is 8.00. The summed E-state index contributed by atoms with van der Waals surface area (Å²) in [5.74, 6) is -1.33. The summed E-state index contributed by atoms with van der Waals surface area (Å²) in [5, 5.41) is 10.8. The smallest absolute Gasteiger partial charge is 0.325 e. The topological polar surface area (TPSA) is 129 Å². The number of amides is 2. The van der Waals surface area contributed by atoms with Crippen molar-refractivity contribution in [1.29, 1.82) is 5.26 Å². The van der Waals surface area contributed by atoms with Gasteiger partial charge in [0.05, 0.1) is 21.3 Å². The zero-order valence-corrected chi connectivity index (χ0v) is 19.3. The molecule has 1 atom stereocenters. The maximum Gasteiger partial charge on any atom is 0.417 e. The molecule has 1 aromatic heterocycles. The number of hydrogen-bond donors (Lipinski definition) is 2. The number of alkyl halides is 3. The number of aryl methyl sites for hydroxylation is 1. The van der Waals surface area contributed by atoms with Gasteiger partial charge in [-0.1, -0.05) is 18.7 Å². The van der Waals surface area contributed by atoms with Crippen molar-refractivity contribution in [3.63, 3.8) is 0 Å².